The van der Waals surface area contributed by atoms with E-state index in [1.54, 1.807) is 12.1 Å². The first-order valence-corrected chi connectivity index (χ1v) is 7.69. The lowest BCUT2D eigenvalue weighted by atomic mass is 10.1. The van der Waals surface area contributed by atoms with E-state index in [0.29, 0.717) is 17.5 Å². The summed E-state index contributed by atoms with van der Waals surface area (Å²) in [4.78, 5) is 8.14. The second-order valence-corrected chi connectivity index (χ2v) is 5.50. The summed E-state index contributed by atoms with van der Waals surface area (Å²) in [5, 5.41) is 19.2. The number of hydrogen-bond donors (Lipinski definition) is 3. The molecule has 0 unspecified atom stereocenters. The highest BCUT2D eigenvalue weighted by atomic mass is 19.4. The molecule has 0 saturated carbocycles. The molecule has 1 atom stereocenters. The number of aromatic amines is 1. The summed E-state index contributed by atoms with van der Waals surface area (Å²) in [6.45, 7) is 1.71. The van der Waals surface area contributed by atoms with Crippen LogP contribution in [0.15, 0.2) is 30.5 Å². The summed E-state index contributed by atoms with van der Waals surface area (Å²) >= 11 is 0. The van der Waals surface area contributed by atoms with Gasteiger partial charge in [0.1, 0.15) is 11.5 Å². The predicted octanol–water partition coefficient (Wildman–Crippen LogP) is 3.47. The molecular weight excluding hydrogens is 335 g/mol. The summed E-state index contributed by atoms with van der Waals surface area (Å²) in [5.74, 6) is 0.246. The number of fused-ring (bicyclic) bond motifs is 1. The molecule has 134 valence electrons. The molecule has 0 spiro atoms. The van der Waals surface area contributed by atoms with E-state index < -0.39 is 11.7 Å². The SMILES string of the molecule is CC[C@H](CO)Nc1ccc(C(F)(F)F)c(-c2[nH]nc3ncccc23)n1.[HH]. The first kappa shape index (κ1) is 17.2. The van der Waals surface area contributed by atoms with Gasteiger partial charge in [0.25, 0.3) is 0 Å². The normalized spacial score (nSPS) is 13.2. The molecule has 0 aliphatic carbocycles. The minimum Gasteiger partial charge on any atom is -0.394 e. The molecule has 3 N–H and O–H groups in total. The van der Waals surface area contributed by atoms with E-state index in [1.165, 1.54) is 12.3 Å². The van der Waals surface area contributed by atoms with Gasteiger partial charge in [0.15, 0.2) is 5.65 Å². The number of alkyl halides is 3. The number of aliphatic hydroxyl groups excluding tert-OH is 1. The monoisotopic (exact) mass is 353 g/mol. The Labute approximate surface area is 142 Å². The lowest BCUT2D eigenvalue weighted by Crippen LogP contribution is -2.23. The number of hydrogen-bond acceptors (Lipinski definition) is 5. The number of nitrogens with one attached hydrogen (secondary N) is 2. The molecule has 0 aliphatic heterocycles. The Morgan fingerprint density at radius 2 is 2.12 bits per heavy atom. The number of aromatic nitrogens is 4. The van der Waals surface area contributed by atoms with Crippen molar-refractivity contribution in [3.63, 3.8) is 0 Å². The van der Waals surface area contributed by atoms with E-state index in [-0.39, 0.29) is 31.3 Å². The van der Waals surface area contributed by atoms with E-state index in [1.807, 2.05) is 6.92 Å². The van der Waals surface area contributed by atoms with Gasteiger partial charge in [-0.25, -0.2) is 9.97 Å². The zero-order chi connectivity index (χ0) is 18.0. The van der Waals surface area contributed by atoms with Gasteiger partial charge < -0.3 is 10.4 Å². The molecule has 3 aromatic heterocycles. The van der Waals surface area contributed by atoms with Crippen molar-refractivity contribution in [3.05, 3.63) is 36.0 Å². The van der Waals surface area contributed by atoms with Gasteiger partial charge in [0.2, 0.25) is 0 Å². The van der Waals surface area contributed by atoms with Crippen LogP contribution in [0.25, 0.3) is 22.4 Å². The quantitative estimate of drug-likeness (QED) is 0.654. The van der Waals surface area contributed by atoms with Gasteiger partial charge >= 0.3 is 6.18 Å². The summed E-state index contributed by atoms with van der Waals surface area (Å²) in [6.07, 6.45) is -2.46. The molecular formula is C16H18F3N5O. The topological polar surface area (TPSA) is 86.7 Å². The second-order valence-electron chi connectivity index (χ2n) is 5.50. The molecule has 0 aromatic carbocycles. The summed E-state index contributed by atoms with van der Waals surface area (Å²) < 4.78 is 40.2. The maximum atomic E-state index is 13.4. The number of H-pyrrole nitrogens is 1. The van der Waals surface area contributed by atoms with Crippen LogP contribution in [-0.4, -0.2) is 37.9 Å². The Morgan fingerprint density at radius 1 is 1.32 bits per heavy atom. The molecule has 6 nitrogen and oxygen atoms in total. The Balaban J connectivity index is 0.00000243. The Hall–Kier alpha value is -2.68. The van der Waals surface area contributed by atoms with Crippen LogP contribution in [0.2, 0.25) is 0 Å². The highest BCUT2D eigenvalue weighted by Gasteiger charge is 2.35. The smallest absolute Gasteiger partial charge is 0.394 e. The summed E-state index contributed by atoms with van der Waals surface area (Å²) in [7, 11) is 0. The molecule has 0 bridgehead atoms. The summed E-state index contributed by atoms with van der Waals surface area (Å²) in [6, 6.07) is 5.18. The third-order valence-electron chi connectivity index (χ3n) is 3.83. The largest absolute Gasteiger partial charge is 0.418 e. The number of pyridine rings is 2. The van der Waals surface area contributed by atoms with Crippen molar-refractivity contribution in [1.82, 2.24) is 20.2 Å². The van der Waals surface area contributed by atoms with Gasteiger partial charge in [-0.05, 0) is 30.7 Å². The van der Waals surface area contributed by atoms with Crippen LogP contribution < -0.4 is 5.32 Å². The third-order valence-corrected chi connectivity index (χ3v) is 3.83. The van der Waals surface area contributed by atoms with Crippen molar-refractivity contribution in [2.24, 2.45) is 0 Å². The molecule has 3 aromatic rings. The molecule has 0 amide bonds. The molecule has 0 fully saturated rings. The number of nitrogens with zero attached hydrogens (tertiary/aromatic N) is 3. The van der Waals surface area contributed by atoms with Gasteiger partial charge in [0.05, 0.1) is 23.9 Å². The molecule has 0 radical (unpaired) electrons. The zero-order valence-electron chi connectivity index (χ0n) is 13.3. The summed E-state index contributed by atoms with van der Waals surface area (Å²) in [5.41, 5.74) is -0.672. The maximum Gasteiger partial charge on any atom is 0.418 e. The number of rotatable bonds is 5. The van der Waals surface area contributed by atoms with Crippen LogP contribution in [-0.2, 0) is 6.18 Å². The van der Waals surface area contributed by atoms with Crippen molar-refractivity contribution in [3.8, 4) is 11.4 Å². The fraction of sp³-hybridized carbons (Fsp3) is 0.312. The van der Waals surface area contributed by atoms with Crippen LogP contribution in [0.1, 0.15) is 20.3 Å². The third kappa shape index (κ3) is 3.41. The highest BCUT2D eigenvalue weighted by molar-refractivity contribution is 5.90. The van der Waals surface area contributed by atoms with Gasteiger partial charge in [-0.3, -0.25) is 5.10 Å². The number of halogens is 3. The van der Waals surface area contributed by atoms with Crippen LogP contribution in [0.3, 0.4) is 0 Å². The fourth-order valence-electron chi connectivity index (χ4n) is 2.48. The van der Waals surface area contributed by atoms with Gasteiger partial charge in [-0.1, -0.05) is 6.92 Å². The van der Waals surface area contributed by atoms with Crippen LogP contribution in [0, 0.1) is 0 Å². The van der Waals surface area contributed by atoms with E-state index in [9.17, 15) is 18.3 Å². The number of anilines is 1. The van der Waals surface area contributed by atoms with Gasteiger partial charge in [0, 0.05) is 13.0 Å². The molecule has 3 heterocycles. The molecule has 25 heavy (non-hydrogen) atoms. The lowest BCUT2D eigenvalue weighted by molar-refractivity contribution is -0.137. The van der Waals surface area contributed by atoms with Gasteiger partial charge in [-0.2, -0.15) is 18.3 Å². The first-order chi connectivity index (χ1) is 11.9. The van der Waals surface area contributed by atoms with E-state index in [0.717, 1.165) is 6.07 Å². The van der Waals surface area contributed by atoms with Crippen molar-refractivity contribution in [2.75, 3.05) is 11.9 Å². The standard InChI is InChI=1S/C16H16F3N5O.H2/c1-2-9(8-25)21-12-6-5-11(16(17,18)19)14(22-12)13-10-4-3-7-20-15(10)24-23-13;/h3-7,9,25H,2,8H2,1H3,(H,21,22)(H,20,23,24);1H/t9-;/m1./s1. The molecule has 0 saturated heterocycles. The molecule has 9 heteroatoms. The molecule has 3 rings (SSSR count). The van der Waals surface area contributed by atoms with E-state index in [4.69, 9.17) is 0 Å². The second kappa shape index (κ2) is 6.67. The zero-order valence-corrected chi connectivity index (χ0v) is 13.3. The van der Waals surface area contributed by atoms with E-state index >= 15 is 0 Å². The Kier molecular flexibility index (Phi) is 4.58. The minimum atomic E-state index is -4.57. The average molecular weight is 353 g/mol. The van der Waals surface area contributed by atoms with Crippen molar-refractivity contribution < 1.29 is 19.7 Å². The van der Waals surface area contributed by atoms with Crippen molar-refractivity contribution >= 4 is 16.9 Å². The highest BCUT2D eigenvalue weighted by Crippen LogP contribution is 2.38. The van der Waals surface area contributed by atoms with E-state index in [2.05, 4.69) is 25.5 Å². The van der Waals surface area contributed by atoms with Crippen LogP contribution in [0.5, 0.6) is 0 Å². The maximum absolute atomic E-state index is 13.4. The Bertz CT molecular complexity index is 880. The molecule has 0 aliphatic rings. The van der Waals surface area contributed by atoms with Crippen molar-refractivity contribution in [1.29, 1.82) is 0 Å². The first-order valence-electron chi connectivity index (χ1n) is 7.69. The predicted molar refractivity (Wildman–Crippen MR) is 89.0 cm³/mol. The number of aliphatic hydroxyl groups is 1. The fourth-order valence-corrected chi connectivity index (χ4v) is 2.48. The Morgan fingerprint density at radius 3 is 2.80 bits per heavy atom. The van der Waals surface area contributed by atoms with Crippen LogP contribution >= 0.6 is 0 Å². The minimum absolute atomic E-state index is 0. The van der Waals surface area contributed by atoms with Gasteiger partial charge in [-0.15, -0.1) is 0 Å². The van der Waals surface area contributed by atoms with Crippen LogP contribution in [0.4, 0.5) is 19.0 Å². The average Bonchev–Trinajstić information content (AvgIpc) is 3.02. The lowest BCUT2D eigenvalue weighted by Gasteiger charge is -2.17. The van der Waals surface area contributed by atoms with Crippen molar-refractivity contribution in [2.45, 2.75) is 25.6 Å².